The number of alkyl halides is 3. The van der Waals surface area contributed by atoms with Crippen LogP contribution in [-0.4, -0.2) is 28.9 Å². The Hall–Kier alpha value is -1.86. The quantitative estimate of drug-likeness (QED) is 0.613. The van der Waals surface area contributed by atoms with E-state index in [9.17, 15) is 13.2 Å². The molecule has 0 radical (unpaired) electrons. The molecule has 0 spiro atoms. The van der Waals surface area contributed by atoms with Crippen LogP contribution in [0.1, 0.15) is 24.7 Å². The molecule has 2 rings (SSSR count). The molecule has 0 aliphatic heterocycles. The molecule has 0 saturated carbocycles. The molecule has 8 heteroatoms. The van der Waals surface area contributed by atoms with Crippen LogP contribution in [0.3, 0.4) is 0 Å². The summed E-state index contributed by atoms with van der Waals surface area (Å²) in [5.74, 6) is 0.365. The number of H-pyrrole nitrogens is 1. The summed E-state index contributed by atoms with van der Waals surface area (Å²) in [6.07, 6.45) is -0.698. The summed E-state index contributed by atoms with van der Waals surface area (Å²) in [5, 5.41) is -0.00180. The standard InChI is InChI=1S/C15H15ClF3N3O/c1-2-7-23-9-13(14-20-5-6-21-14)22-12-4-3-10(16)8-11(12)15(17,18)19/h3-6,8H,2,7,9H2,1H3,(H,20,21). The minimum absolute atomic E-state index is 0.00180. The molecule has 2 aromatic rings. The van der Waals surface area contributed by atoms with Crippen molar-refractivity contribution < 1.29 is 17.9 Å². The van der Waals surface area contributed by atoms with Gasteiger partial charge >= 0.3 is 6.18 Å². The molecule has 1 N–H and O–H groups in total. The smallest absolute Gasteiger partial charge is 0.375 e. The normalized spacial score (nSPS) is 12.7. The Balaban J connectivity index is 2.42. The van der Waals surface area contributed by atoms with Gasteiger partial charge in [0.2, 0.25) is 0 Å². The van der Waals surface area contributed by atoms with E-state index in [1.165, 1.54) is 18.3 Å². The number of hydrogen-bond donors (Lipinski definition) is 1. The van der Waals surface area contributed by atoms with Crippen LogP contribution in [0.15, 0.2) is 35.6 Å². The molecule has 23 heavy (non-hydrogen) atoms. The first-order valence-corrected chi connectivity index (χ1v) is 7.31. The van der Waals surface area contributed by atoms with Crippen molar-refractivity contribution in [3.63, 3.8) is 0 Å². The van der Waals surface area contributed by atoms with E-state index in [-0.39, 0.29) is 23.0 Å². The van der Waals surface area contributed by atoms with Crippen LogP contribution in [0.25, 0.3) is 0 Å². The first kappa shape index (κ1) is 17.5. The highest BCUT2D eigenvalue weighted by Gasteiger charge is 2.34. The Morgan fingerprint density at radius 2 is 2.17 bits per heavy atom. The van der Waals surface area contributed by atoms with Gasteiger partial charge in [0, 0.05) is 24.0 Å². The number of rotatable bonds is 6. The molecule has 0 fully saturated rings. The summed E-state index contributed by atoms with van der Waals surface area (Å²) in [6.45, 7) is 2.47. The van der Waals surface area contributed by atoms with Crippen molar-refractivity contribution in [3.8, 4) is 0 Å². The summed E-state index contributed by atoms with van der Waals surface area (Å²) in [5.41, 5.74) is -0.839. The number of aromatic nitrogens is 2. The molecule has 0 bridgehead atoms. The lowest BCUT2D eigenvalue weighted by atomic mass is 10.1. The fraction of sp³-hybridized carbons (Fsp3) is 0.333. The third-order valence-electron chi connectivity index (χ3n) is 2.88. The van der Waals surface area contributed by atoms with Gasteiger partial charge in [0.05, 0.1) is 17.9 Å². The predicted octanol–water partition coefficient (Wildman–Crippen LogP) is 4.63. The van der Waals surface area contributed by atoms with Gasteiger partial charge in [0.1, 0.15) is 5.71 Å². The maximum Gasteiger partial charge on any atom is 0.418 e. The van der Waals surface area contributed by atoms with Crippen molar-refractivity contribution >= 4 is 23.0 Å². The third kappa shape index (κ3) is 4.80. The molecular weight excluding hydrogens is 331 g/mol. The number of ether oxygens (including phenoxy) is 1. The Labute approximate surface area is 136 Å². The lowest BCUT2D eigenvalue weighted by Gasteiger charge is -2.12. The average Bonchev–Trinajstić information content (AvgIpc) is 3.01. The van der Waals surface area contributed by atoms with Gasteiger partial charge in [0.25, 0.3) is 0 Å². The van der Waals surface area contributed by atoms with Crippen molar-refractivity contribution in [1.29, 1.82) is 0 Å². The van der Waals surface area contributed by atoms with Gasteiger partial charge in [-0.15, -0.1) is 0 Å². The number of imidazole rings is 1. The zero-order valence-electron chi connectivity index (χ0n) is 12.3. The lowest BCUT2D eigenvalue weighted by molar-refractivity contribution is -0.137. The van der Waals surface area contributed by atoms with E-state index in [4.69, 9.17) is 16.3 Å². The number of benzene rings is 1. The number of hydrogen-bond acceptors (Lipinski definition) is 3. The topological polar surface area (TPSA) is 50.3 Å². The van der Waals surface area contributed by atoms with E-state index in [1.807, 2.05) is 6.92 Å². The highest BCUT2D eigenvalue weighted by molar-refractivity contribution is 6.30. The molecule has 4 nitrogen and oxygen atoms in total. The SMILES string of the molecule is CCCOCC(=Nc1ccc(Cl)cc1C(F)(F)F)c1ncc[nH]1. The lowest BCUT2D eigenvalue weighted by Crippen LogP contribution is -2.13. The van der Waals surface area contributed by atoms with Crippen molar-refractivity contribution in [1.82, 2.24) is 9.97 Å². The van der Waals surface area contributed by atoms with Crippen molar-refractivity contribution in [2.24, 2.45) is 4.99 Å². The maximum absolute atomic E-state index is 13.1. The molecule has 1 aromatic heterocycles. The summed E-state index contributed by atoms with van der Waals surface area (Å²) in [6, 6.07) is 3.45. The zero-order chi connectivity index (χ0) is 16.9. The highest BCUT2D eigenvalue weighted by atomic mass is 35.5. The zero-order valence-corrected chi connectivity index (χ0v) is 13.1. The van der Waals surface area contributed by atoms with Crippen LogP contribution in [0.5, 0.6) is 0 Å². The molecule has 0 aliphatic carbocycles. The molecule has 0 amide bonds. The number of nitrogens with one attached hydrogen (secondary N) is 1. The molecular formula is C15H15ClF3N3O. The van der Waals surface area contributed by atoms with E-state index >= 15 is 0 Å². The van der Waals surface area contributed by atoms with Crippen LogP contribution in [-0.2, 0) is 10.9 Å². The van der Waals surface area contributed by atoms with Gasteiger partial charge in [-0.1, -0.05) is 18.5 Å². The average molecular weight is 346 g/mol. The Kier molecular flexibility index (Phi) is 5.79. The molecule has 0 unspecified atom stereocenters. The number of halogens is 4. The van der Waals surface area contributed by atoms with E-state index in [0.29, 0.717) is 12.4 Å². The Bertz CT molecular complexity index is 669. The van der Waals surface area contributed by atoms with Crippen LogP contribution in [0.4, 0.5) is 18.9 Å². The third-order valence-corrected chi connectivity index (χ3v) is 3.11. The maximum atomic E-state index is 13.1. The van der Waals surface area contributed by atoms with Crippen LogP contribution in [0.2, 0.25) is 5.02 Å². The summed E-state index contributed by atoms with van der Waals surface area (Å²) in [7, 11) is 0. The summed E-state index contributed by atoms with van der Waals surface area (Å²) >= 11 is 5.67. The number of nitrogens with zero attached hydrogens (tertiary/aromatic N) is 2. The first-order valence-electron chi connectivity index (χ1n) is 6.93. The second-order valence-electron chi connectivity index (χ2n) is 4.71. The molecule has 1 aromatic carbocycles. The second-order valence-corrected chi connectivity index (χ2v) is 5.14. The van der Waals surface area contributed by atoms with Gasteiger partial charge in [-0.3, -0.25) is 0 Å². The van der Waals surface area contributed by atoms with E-state index in [1.54, 1.807) is 6.20 Å². The molecule has 124 valence electrons. The summed E-state index contributed by atoms with van der Waals surface area (Å²) in [4.78, 5) is 11.0. The van der Waals surface area contributed by atoms with E-state index < -0.39 is 11.7 Å². The van der Waals surface area contributed by atoms with Gasteiger partial charge in [0.15, 0.2) is 5.82 Å². The van der Waals surface area contributed by atoms with E-state index in [2.05, 4.69) is 15.0 Å². The first-order chi connectivity index (χ1) is 10.9. The minimum Gasteiger partial charge on any atom is -0.375 e. The van der Waals surface area contributed by atoms with Gasteiger partial charge < -0.3 is 9.72 Å². The van der Waals surface area contributed by atoms with Gasteiger partial charge in [-0.25, -0.2) is 9.98 Å². The largest absolute Gasteiger partial charge is 0.418 e. The number of aromatic amines is 1. The molecule has 1 heterocycles. The minimum atomic E-state index is -4.55. The summed E-state index contributed by atoms with van der Waals surface area (Å²) < 4.78 is 44.8. The van der Waals surface area contributed by atoms with Crippen molar-refractivity contribution in [2.75, 3.05) is 13.2 Å². The predicted molar refractivity (Wildman–Crippen MR) is 82.3 cm³/mol. The van der Waals surface area contributed by atoms with Crippen LogP contribution >= 0.6 is 11.6 Å². The van der Waals surface area contributed by atoms with Crippen LogP contribution in [0, 0.1) is 0 Å². The molecule has 0 aliphatic rings. The highest BCUT2D eigenvalue weighted by Crippen LogP contribution is 2.38. The monoisotopic (exact) mass is 345 g/mol. The van der Waals surface area contributed by atoms with Gasteiger partial charge in [-0.05, 0) is 24.6 Å². The van der Waals surface area contributed by atoms with Gasteiger partial charge in [-0.2, -0.15) is 13.2 Å². The Morgan fingerprint density at radius 3 is 2.78 bits per heavy atom. The van der Waals surface area contributed by atoms with Crippen molar-refractivity contribution in [3.05, 3.63) is 47.0 Å². The van der Waals surface area contributed by atoms with Crippen molar-refractivity contribution in [2.45, 2.75) is 19.5 Å². The fourth-order valence-electron chi connectivity index (χ4n) is 1.87. The Morgan fingerprint density at radius 1 is 1.39 bits per heavy atom. The second kappa shape index (κ2) is 7.61. The molecule has 0 atom stereocenters. The van der Waals surface area contributed by atoms with E-state index in [0.717, 1.165) is 12.5 Å². The fourth-order valence-corrected chi connectivity index (χ4v) is 2.04. The van der Waals surface area contributed by atoms with Crippen LogP contribution < -0.4 is 0 Å². The molecule has 0 saturated heterocycles. The number of aliphatic imine (C=N–C) groups is 1.